The fraction of sp³-hybridized carbons (Fsp3) is 0.643. The number of aromatic nitrogens is 2. The average molecular weight is 389 g/mol. The minimum Gasteiger partial charge on any atom is -0.531 e. The second-order valence-corrected chi connectivity index (χ2v) is 26.2. The lowest BCUT2D eigenvalue weighted by molar-refractivity contribution is 0.0721. The van der Waals surface area contributed by atoms with E-state index in [1.165, 1.54) is 0 Å². The molecule has 1 aromatic rings. The van der Waals surface area contributed by atoms with Crippen molar-refractivity contribution in [2.75, 3.05) is 0 Å². The summed E-state index contributed by atoms with van der Waals surface area (Å²) in [6.07, 6.45) is 1.55. The SMILES string of the molecule is C[Si](C)(C)OC(=O)c1cnc(S[Si](C)(C)C)nc1O[Si](C)(C)C. The summed E-state index contributed by atoms with van der Waals surface area (Å²) in [4.78, 5) is 21.3. The van der Waals surface area contributed by atoms with E-state index in [4.69, 9.17) is 8.85 Å². The van der Waals surface area contributed by atoms with Gasteiger partial charge >= 0.3 is 5.97 Å². The van der Waals surface area contributed by atoms with E-state index < -0.39 is 23.9 Å². The molecule has 0 aliphatic rings. The first-order chi connectivity index (χ1) is 10.2. The second kappa shape index (κ2) is 7.08. The van der Waals surface area contributed by atoms with Gasteiger partial charge in [0.15, 0.2) is 5.16 Å². The van der Waals surface area contributed by atoms with Crippen LogP contribution in [0.1, 0.15) is 10.4 Å². The first kappa shape index (κ1) is 20.4. The van der Waals surface area contributed by atoms with Crippen LogP contribution in [0.4, 0.5) is 0 Å². The van der Waals surface area contributed by atoms with Gasteiger partial charge in [0, 0.05) is 6.20 Å². The molecule has 0 unspecified atom stereocenters. The topological polar surface area (TPSA) is 61.3 Å². The minimum atomic E-state index is -1.98. The van der Waals surface area contributed by atoms with Crippen molar-refractivity contribution in [3.63, 3.8) is 0 Å². The van der Waals surface area contributed by atoms with Crippen LogP contribution in [0.5, 0.6) is 5.88 Å². The van der Waals surface area contributed by atoms with Crippen LogP contribution in [0.2, 0.25) is 58.9 Å². The van der Waals surface area contributed by atoms with Gasteiger partial charge in [-0.25, -0.2) is 9.78 Å². The molecule has 0 fully saturated rings. The zero-order valence-corrected chi connectivity index (χ0v) is 19.4. The zero-order valence-electron chi connectivity index (χ0n) is 15.6. The van der Waals surface area contributed by atoms with E-state index in [-0.39, 0.29) is 5.97 Å². The third-order valence-corrected chi connectivity index (χ3v) is 7.13. The largest absolute Gasteiger partial charge is 0.531 e. The van der Waals surface area contributed by atoms with E-state index in [1.54, 1.807) is 17.4 Å². The van der Waals surface area contributed by atoms with Crippen molar-refractivity contribution in [3.8, 4) is 5.88 Å². The van der Waals surface area contributed by atoms with Gasteiger partial charge in [0.2, 0.25) is 22.5 Å². The molecule has 1 heterocycles. The van der Waals surface area contributed by atoms with Crippen molar-refractivity contribution in [3.05, 3.63) is 11.8 Å². The minimum absolute atomic E-state index is 0.328. The molecule has 130 valence electrons. The Balaban J connectivity index is 3.21. The van der Waals surface area contributed by atoms with Gasteiger partial charge in [-0.2, -0.15) is 4.98 Å². The molecule has 0 atom stereocenters. The molecule has 0 radical (unpaired) electrons. The molecule has 0 saturated heterocycles. The van der Waals surface area contributed by atoms with Crippen molar-refractivity contribution < 1.29 is 13.6 Å². The van der Waals surface area contributed by atoms with Gasteiger partial charge in [-0.05, 0) is 39.3 Å². The number of nitrogens with zero attached hydrogens (tertiary/aromatic N) is 2. The molecule has 0 saturated carbocycles. The van der Waals surface area contributed by atoms with E-state index in [0.29, 0.717) is 16.6 Å². The van der Waals surface area contributed by atoms with Gasteiger partial charge in [-0.15, -0.1) is 11.2 Å². The average Bonchev–Trinajstić information content (AvgIpc) is 2.21. The van der Waals surface area contributed by atoms with Crippen LogP contribution in [0.3, 0.4) is 0 Å². The van der Waals surface area contributed by atoms with E-state index in [1.807, 2.05) is 19.6 Å². The van der Waals surface area contributed by atoms with Crippen LogP contribution in [0.25, 0.3) is 0 Å². The molecule has 23 heavy (non-hydrogen) atoms. The maximum Gasteiger partial charge on any atom is 0.331 e. The summed E-state index contributed by atoms with van der Waals surface area (Å²) in [5.74, 6) is -0.0230. The summed E-state index contributed by atoms with van der Waals surface area (Å²) >= 11 is 1.68. The molecule has 5 nitrogen and oxygen atoms in total. The Morgan fingerprint density at radius 1 is 1.00 bits per heavy atom. The summed E-state index contributed by atoms with van der Waals surface area (Å²) in [7, 11) is -5.31. The number of carbonyl (C=O) groups is 1. The standard InChI is InChI=1S/C14H28N2O3SSi3/c1-21(2,3)18-12-11(13(17)19-22(4,5)6)10-15-14(16-12)20-23(7,8)9/h10H,1-9H3. The highest BCUT2D eigenvalue weighted by Gasteiger charge is 2.28. The van der Waals surface area contributed by atoms with Crippen molar-refractivity contribution in [2.24, 2.45) is 0 Å². The molecule has 0 aromatic carbocycles. The Morgan fingerprint density at radius 2 is 1.57 bits per heavy atom. The van der Waals surface area contributed by atoms with Gasteiger partial charge in [0.25, 0.3) is 0 Å². The third-order valence-electron chi connectivity index (χ3n) is 2.15. The highest BCUT2D eigenvalue weighted by molar-refractivity contribution is 8.28. The second-order valence-electron chi connectivity index (χ2n) is 8.30. The molecule has 1 aromatic heterocycles. The van der Waals surface area contributed by atoms with Crippen LogP contribution < -0.4 is 4.43 Å². The molecule has 0 aliphatic heterocycles. The molecule has 1 rings (SSSR count). The lowest BCUT2D eigenvalue weighted by Gasteiger charge is -2.23. The van der Waals surface area contributed by atoms with Crippen molar-refractivity contribution in [1.82, 2.24) is 9.97 Å². The fourth-order valence-corrected chi connectivity index (χ4v) is 5.64. The Bertz CT molecular complexity index is 578. The molecule has 0 aliphatic carbocycles. The maximum absolute atomic E-state index is 12.4. The van der Waals surface area contributed by atoms with E-state index in [2.05, 4.69) is 49.3 Å². The molecular formula is C14H28N2O3SSi3. The highest BCUT2D eigenvalue weighted by Crippen LogP contribution is 2.29. The van der Waals surface area contributed by atoms with Gasteiger partial charge in [0.05, 0.1) is 0 Å². The normalized spacial score (nSPS) is 12.9. The summed E-state index contributed by atoms with van der Waals surface area (Å²) in [6, 6.07) is 0. The van der Waals surface area contributed by atoms with Gasteiger partial charge in [-0.3, -0.25) is 0 Å². The van der Waals surface area contributed by atoms with Crippen molar-refractivity contribution in [1.29, 1.82) is 0 Å². The Kier molecular flexibility index (Phi) is 6.27. The Morgan fingerprint density at radius 3 is 2.00 bits per heavy atom. The molecule has 0 bridgehead atoms. The first-order valence-electron chi connectivity index (χ1n) is 7.65. The molecular weight excluding hydrogens is 360 g/mol. The monoisotopic (exact) mass is 388 g/mol. The van der Waals surface area contributed by atoms with E-state index in [9.17, 15) is 4.79 Å². The summed E-state index contributed by atoms with van der Waals surface area (Å²) in [6.45, 7) is 18.8. The van der Waals surface area contributed by atoms with Crippen LogP contribution in [-0.4, -0.2) is 39.8 Å². The Labute approximate surface area is 146 Å². The van der Waals surface area contributed by atoms with Crippen LogP contribution in [0.15, 0.2) is 11.4 Å². The first-order valence-corrected chi connectivity index (χ1v) is 19.5. The van der Waals surface area contributed by atoms with E-state index >= 15 is 0 Å². The fourth-order valence-electron chi connectivity index (χ4n) is 1.51. The predicted molar refractivity (Wildman–Crippen MR) is 104 cm³/mol. The van der Waals surface area contributed by atoms with Crippen LogP contribution in [0, 0.1) is 0 Å². The van der Waals surface area contributed by atoms with Crippen LogP contribution in [-0.2, 0) is 4.43 Å². The third kappa shape index (κ3) is 8.13. The lowest BCUT2D eigenvalue weighted by Crippen LogP contribution is -2.33. The molecule has 9 heteroatoms. The quantitative estimate of drug-likeness (QED) is 0.524. The maximum atomic E-state index is 12.4. The van der Waals surface area contributed by atoms with Crippen molar-refractivity contribution >= 4 is 41.0 Å². The van der Waals surface area contributed by atoms with Crippen LogP contribution >= 0.6 is 11.2 Å². The molecule has 0 amide bonds. The number of carbonyl (C=O) groups excluding carboxylic acids is 1. The highest BCUT2D eigenvalue weighted by atomic mass is 32.4. The number of hydrogen-bond donors (Lipinski definition) is 0. The summed E-state index contributed by atoms with van der Waals surface area (Å²) in [5.41, 5.74) is 0.328. The molecule has 0 spiro atoms. The summed E-state index contributed by atoms with van der Waals surface area (Å²) < 4.78 is 11.6. The van der Waals surface area contributed by atoms with E-state index in [0.717, 1.165) is 0 Å². The van der Waals surface area contributed by atoms with Crippen molar-refractivity contribution in [2.45, 2.75) is 64.1 Å². The van der Waals surface area contributed by atoms with Gasteiger partial charge in [0.1, 0.15) is 12.8 Å². The molecule has 0 N–H and O–H groups in total. The number of rotatable bonds is 6. The zero-order chi connectivity index (χ0) is 18.1. The summed E-state index contributed by atoms with van der Waals surface area (Å²) in [5, 5.41) is 0.668. The van der Waals surface area contributed by atoms with Gasteiger partial charge < -0.3 is 8.85 Å². The smallest absolute Gasteiger partial charge is 0.331 e. The van der Waals surface area contributed by atoms with Gasteiger partial charge in [-0.1, -0.05) is 19.6 Å². The number of hydrogen-bond acceptors (Lipinski definition) is 6. The predicted octanol–water partition coefficient (Wildman–Crippen LogP) is 4.61. The Hall–Kier alpha value is -0.649. The lowest BCUT2D eigenvalue weighted by atomic mass is 10.3.